The first kappa shape index (κ1) is 18.7. The van der Waals surface area contributed by atoms with Crippen LogP contribution in [0.25, 0.3) is 33.2 Å². The van der Waals surface area contributed by atoms with Gasteiger partial charge >= 0.3 is 0 Å². The molecule has 0 bridgehead atoms. The van der Waals surface area contributed by atoms with Crippen molar-refractivity contribution in [2.45, 2.75) is 26.2 Å². The first-order valence-corrected chi connectivity index (χ1v) is 9.65. The molecule has 4 aromatic rings. The molecule has 0 saturated heterocycles. The molecular formula is C26H22N2O. The molecule has 4 rings (SSSR count). The molecule has 0 radical (unpaired) electrons. The number of H-pyrrole nitrogens is 1. The minimum atomic E-state index is -0.368. The molecule has 29 heavy (non-hydrogen) atoms. The Labute approximate surface area is 170 Å². The van der Waals surface area contributed by atoms with Gasteiger partial charge in [0.2, 0.25) is 0 Å². The van der Waals surface area contributed by atoms with Crippen LogP contribution in [-0.2, 0) is 5.41 Å². The van der Waals surface area contributed by atoms with E-state index in [1.54, 1.807) is 0 Å². The summed E-state index contributed by atoms with van der Waals surface area (Å²) in [5, 5.41) is 11.8. The highest BCUT2D eigenvalue weighted by Crippen LogP contribution is 2.32. The lowest BCUT2D eigenvalue weighted by Gasteiger charge is -2.19. The number of rotatable bonds is 2. The van der Waals surface area contributed by atoms with Gasteiger partial charge in [-0.05, 0) is 33.4 Å². The number of aromatic nitrogens is 1. The van der Waals surface area contributed by atoms with Crippen molar-refractivity contribution in [2.24, 2.45) is 0 Å². The molecule has 1 N–H and O–H groups in total. The number of benzene rings is 3. The van der Waals surface area contributed by atoms with Gasteiger partial charge in [0, 0.05) is 16.8 Å². The van der Waals surface area contributed by atoms with Crippen LogP contribution in [0.15, 0.2) is 77.6 Å². The second kappa shape index (κ2) is 7.07. The predicted octanol–water partition coefficient (Wildman–Crippen LogP) is 6.03. The Hall–Kier alpha value is -3.64. The Morgan fingerprint density at radius 1 is 0.862 bits per heavy atom. The van der Waals surface area contributed by atoms with E-state index in [-0.39, 0.29) is 16.5 Å². The minimum Gasteiger partial charge on any atom is -0.321 e. The average molecular weight is 378 g/mol. The molecule has 1 heterocycles. The summed E-state index contributed by atoms with van der Waals surface area (Å²) in [5.41, 5.74) is 4.18. The van der Waals surface area contributed by atoms with Crippen LogP contribution in [0.2, 0.25) is 0 Å². The molecule has 0 fully saturated rings. The highest BCUT2D eigenvalue weighted by molar-refractivity contribution is 5.96. The van der Waals surface area contributed by atoms with E-state index in [1.807, 2.05) is 60.7 Å². The number of pyridine rings is 1. The molecule has 0 spiro atoms. The predicted molar refractivity (Wildman–Crippen MR) is 119 cm³/mol. The van der Waals surface area contributed by atoms with E-state index in [1.165, 1.54) is 5.56 Å². The van der Waals surface area contributed by atoms with Crippen LogP contribution >= 0.6 is 0 Å². The van der Waals surface area contributed by atoms with E-state index in [9.17, 15) is 10.1 Å². The van der Waals surface area contributed by atoms with Gasteiger partial charge < -0.3 is 4.98 Å². The molecule has 0 aliphatic rings. The van der Waals surface area contributed by atoms with E-state index < -0.39 is 0 Å². The summed E-state index contributed by atoms with van der Waals surface area (Å²) < 4.78 is 0. The molecule has 142 valence electrons. The number of hydrogen-bond acceptors (Lipinski definition) is 2. The number of aromatic amines is 1. The molecule has 0 unspecified atom stereocenters. The largest absolute Gasteiger partial charge is 0.321 e. The van der Waals surface area contributed by atoms with Crippen LogP contribution in [-0.4, -0.2) is 4.98 Å². The third kappa shape index (κ3) is 3.46. The van der Waals surface area contributed by atoms with Crippen LogP contribution in [0.4, 0.5) is 0 Å². The van der Waals surface area contributed by atoms with Crippen LogP contribution < -0.4 is 5.56 Å². The average Bonchev–Trinajstić information content (AvgIpc) is 2.72. The van der Waals surface area contributed by atoms with Gasteiger partial charge in [-0.2, -0.15) is 5.26 Å². The highest BCUT2D eigenvalue weighted by atomic mass is 16.1. The molecule has 0 amide bonds. The van der Waals surface area contributed by atoms with Gasteiger partial charge in [0.05, 0.1) is 0 Å². The zero-order chi connectivity index (χ0) is 20.6. The van der Waals surface area contributed by atoms with Gasteiger partial charge in [0.15, 0.2) is 0 Å². The van der Waals surface area contributed by atoms with E-state index in [0.29, 0.717) is 11.3 Å². The summed E-state index contributed by atoms with van der Waals surface area (Å²) in [4.78, 5) is 15.6. The number of fused-ring (bicyclic) bond motifs is 1. The SMILES string of the molecule is CC(C)(C)c1ccc(-c2cc(-c3cccc4ccccc34)[nH]c(=O)c2C#N)cc1. The third-order valence-electron chi connectivity index (χ3n) is 5.29. The van der Waals surface area contributed by atoms with Crippen molar-refractivity contribution in [3.05, 3.63) is 94.3 Å². The first-order valence-electron chi connectivity index (χ1n) is 9.65. The van der Waals surface area contributed by atoms with E-state index >= 15 is 0 Å². The number of nitrogens with zero attached hydrogens (tertiary/aromatic N) is 1. The van der Waals surface area contributed by atoms with Gasteiger partial charge in [-0.15, -0.1) is 0 Å². The number of nitrogens with one attached hydrogen (secondary N) is 1. The normalized spacial score (nSPS) is 11.4. The summed E-state index contributed by atoms with van der Waals surface area (Å²) in [6.45, 7) is 6.48. The standard InChI is InChI=1S/C26H22N2O/c1-26(2,3)19-13-11-18(12-14-19)22-15-24(28-25(29)23(22)16-27)21-10-6-8-17-7-4-5-9-20(17)21/h4-15H,1-3H3,(H,28,29). The van der Waals surface area contributed by atoms with Crippen LogP contribution in [0, 0.1) is 11.3 Å². The van der Waals surface area contributed by atoms with Crippen molar-refractivity contribution in [1.82, 2.24) is 4.98 Å². The lowest BCUT2D eigenvalue weighted by atomic mass is 9.86. The molecule has 0 saturated carbocycles. The highest BCUT2D eigenvalue weighted by Gasteiger charge is 2.16. The molecule has 0 atom stereocenters. The van der Waals surface area contributed by atoms with Crippen LogP contribution in [0.3, 0.4) is 0 Å². The quantitative estimate of drug-likeness (QED) is 0.463. The molecule has 3 nitrogen and oxygen atoms in total. The summed E-state index contributed by atoms with van der Waals surface area (Å²) >= 11 is 0. The maximum atomic E-state index is 12.7. The fourth-order valence-corrected chi connectivity index (χ4v) is 3.65. The van der Waals surface area contributed by atoms with Crippen molar-refractivity contribution in [2.75, 3.05) is 0 Å². The fourth-order valence-electron chi connectivity index (χ4n) is 3.65. The van der Waals surface area contributed by atoms with Gasteiger partial charge in [-0.1, -0.05) is 87.5 Å². The van der Waals surface area contributed by atoms with Crippen LogP contribution in [0.5, 0.6) is 0 Å². The van der Waals surface area contributed by atoms with Gasteiger partial charge in [-0.25, -0.2) is 0 Å². The lowest BCUT2D eigenvalue weighted by Crippen LogP contribution is -2.13. The molecule has 0 aliphatic heterocycles. The summed E-state index contributed by atoms with van der Waals surface area (Å²) in [6.07, 6.45) is 0. The zero-order valence-corrected chi connectivity index (χ0v) is 16.8. The number of hydrogen-bond donors (Lipinski definition) is 1. The number of nitriles is 1. The molecule has 3 heteroatoms. The van der Waals surface area contributed by atoms with Crippen molar-refractivity contribution < 1.29 is 0 Å². The monoisotopic (exact) mass is 378 g/mol. The lowest BCUT2D eigenvalue weighted by molar-refractivity contribution is 0.590. The maximum absolute atomic E-state index is 12.7. The second-order valence-corrected chi connectivity index (χ2v) is 8.27. The molecular weight excluding hydrogens is 356 g/mol. The van der Waals surface area contributed by atoms with Crippen molar-refractivity contribution >= 4 is 10.8 Å². The fraction of sp³-hybridized carbons (Fsp3) is 0.154. The first-order chi connectivity index (χ1) is 13.9. The van der Waals surface area contributed by atoms with Gasteiger partial charge in [0.1, 0.15) is 11.6 Å². The van der Waals surface area contributed by atoms with Gasteiger partial charge in [0.25, 0.3) is 5.56 Å². The smallest absolute Gasteiger partial charge is 0.266 e. The molecule has 3 aromatic carbocycles. The van der Waals surface area contributed by atoms with E-state index in [0.717, 1.165) is 21.9 Å². The van der Waals surface area contributed by atoms with E-state index in [2.05, 4.69) is 44.0 Å². The zero-order valence-electron chi connectivity index (χ0n) is 16.8. The third-order valence-corrected chi connectivity index (χ3v) is 5.29. The summed E-state index contributed by atoms with van der Waals surface area (Å²) in [7, 11) is 0. The Kier molecular flexibility index (Phi) is 4.56. The molecule has 0 aliphatic carbocycles. The van der Waals surface area contributed by atoms with Crippen LogP contribution in [0.1, 0.15) is 31.9 Å². The Balaban J connectivity index is 1.93. The van der Waals surface area contributed by atoms with Crippen molar-refractivity contribution in [1.29, 1.82) is 5.26 Å². The van der Waals surface area contributed by atoms with Crippen molar-refractivity contribution in [3.63, 3.8) is 0 Å². The maximum Gasteiger partial charge on any atom is 0.266 e. The Bertz CT molecular complexity index is 1290. The summed E-state index contributed by atoms with van der Waals surface area (Å²) in [6, 6.07) is 26.2. The topological polar surface area (TPSA) is 56.6 Å². The van der Waals surface area contributed by atoms with Crippen molar-refractivity contribution in [3.8, 4) is 28.5 Å². The van der Waals surface area contributed by atoms with Gasteiger partial charge in [-0.3, -0.25) is 4.79 Å². The molecule has 1 aromatic heterocycles. The Morgan fingerprint density at radius 2 is 1.55 bits per heavy atom. The Morgan fingerprint density at radius 3 is 2.24 bits per heavy atom. The second-order valence-electron chi connectivity index (χ2n) is 8.27. The van der Waals surface area contributed by atoms with E-state index in [4.69, 9.17) is 0 Å². The summed E-state index contributed by atoms with van der Waals surface area (Å²) in [5.74, 6) is 0. The minimum absolute atomic E-state index is 0.0405.